The summed E-state index contributed by atoms with van der Waals surface area (Å²) in [6, 6.07) is 62.3. The van der Waals surface area contributed by atoms with Gasteiger partial charge < -0.3 is 10.2 Å². The van der Waals surface area contributed by atoms with Crippen molar-refractivity contribution >= 4 is 53.0 Å². The lowest BCUT2D eigenvalue weighted by atomic mass is 9.63. The molecule has 0 saturated heterocycles. The van der Waals surface area contributed by atoms with Gasteiger partial charge in [0.2, 0.25) is 0 Å². The number of thioether (sulfide) groups is 1. The number of nitrogens with one attached hydrogen (secondary N) is 1. The molecule has 64 heavy (non-hydrogen) atoms. The molecule has 1 aliphatic rings. The van der Waals surface area contributed by atoms with E-state index in [1.165, 1.54) is 71.6 Å². The number of benzene rings is 8. The van der Waals surface area contributed by atoms with Gasteiger partial charge in [0.25, 0.3) is 0 Å². The predicted octanol–water partition coefficient (Wildman–Crippen LogP) is 16.2. The Kier molecular flexibility index (Phi) is 12.0. The summed E-state index contributed by atoms with van der Waals surface area (Å²) in [6.45, 7) is 18.8. The first-order valence-electron chi connectivity index (χ1n) is 22.6. The van der Waals surface area contributed by atoms with Crippen LogP contribution in [0.15, 0.2) is 181 Å². The molecule has 8 aromatic carbocycles. The fourth-order valence-corrected chi connectivity index (χ4v) is 10.7. The monoisotopic (exact) mass is 847 g/mol. The van der Waals surface area contributed by atoms with Crippen LogP contribution in [-0.4, -0.2) is 13.5 Å². The van der Waals surface area contributed by atoms with Crippen molar-refractivity contribution in [1.29, 1.82) is 0 Å². The topological polar surface area (TPSA) is 15.3 Å². The molecule has 0 saturated carbocycles. The molecule has 0 atom stereocenters. The van der Waals surface area contributed by atoms with Gasteiger partial charge >= 0.3 is 0 Å². The maximum atomic E-state index is 5.05. The third kappa shape index (κ3) is 7.58. The van der Waals surface area contributed by atoms with Crippen LogP contribution in [-0.2, 0) is 11.8 Å². The largest absolute Gasteiger partial charge is 0.355 e. The van der Waals surface area contributed by atoms with Gasteiger partial charge in [-0.05, 0) is 119 Å². The minimum absolute atomic E-state index is 0.322. The average Bonchev–Trinajstić information content (AvgIpc) is 3.55. The molecule has 1 radical (unpaired) electrons. The van der Waals surface area contributed by atoms with E-state index in [1.54, 1.807) is 11.8 Å². The molecule has 0 bridgehead atoms. The fraction of sp³-hybridized carbons (Fsp3) is 0.167. The smallest absolute Gasteiger partial charge is 0.151 e. The van der Waals surface area contributed by atoms with Gasteiger partial charge in [-0.25, -0.2) is 0 Å². The van der Waals surface area contributed by atoms with Crippen molar-refractivity contribution in [1.82, 2.24) is 0 Å². The highest BCUT2D eigenvalue weighted by Crippen LogP contribution is 2.57. The Balaban J connectivity index is 1.48. The van der Waals surface area contributed by atoms with Crippen molar-refractivity contribution < 1.29 is 0 Å². The second-order valence-corrected chi connectivity index (χ2v) is 18.4. The molecule has 0 aromatic heterocycles. The highest BCUT2D eigenvalue weighted by Gasteiger charge is 2.41. The summed E-state index contributed by atoms with van der Waals surface area (Å²) < 4.78 is 0. The molecule has 0 unspecified atom stereocenters. The molecule has 9 rings (SSSR count). The van der Waals surface area contributed by atoms with Crippen LogP contribution in [0.5, 0.6) is 0 Å². The SMILES string of the molecule is C=C(c1ccccc1SC)N(c1ccccc1-c1ccccc1)c1cc2c(c(-c3c(Nc4ccc(C)cc4)ccc(CCC)c3-c3ccccc3C)c1[B]C)C(C)(C)c1ccccc1-2. The lowest BCUT2D eigenvalue weighted by Crippen LogP contribution is -2.30. The molecule has 0 aliphatic heterocycles. The number of nitrogens with zero attached hydrogens (tertiary/aromatic N) is 1. The third-order valence-electron chi connectivity index (χ3n) is 13.1. The number of aryl methyl sites for hydroxylation is 3. The van der Waals surface area contributed by atoms with E-state index < -0.39 is 0 Å². The van der Waals surface area contributed by atoms with Gasteiger partial charge in [-0.2, -0.15) is 0 Å². The van der Waals surface area contributed by atoms with Gasteiger partial charge in [-0.3, -0.25) is 0 Å². The van der Waals surface area contributed by atoms with Crippen molar-refractivity contribution in [2.75, 3.05) is 16.5 Å². The van der Waals surface area contributed by atoms with Crippen LogP contribution in [0.2, 0.25) is 6.82 Å². The molecule has 0 amide bonds. The lowest BCUT2D eigenvalue weighted by Gasteiger charge is -2.36. The van der Waals surface area contributed by atoms with Gasteiger partial charge in [-0.1, -0.05) is 185 Å². The maximum Gasteiger partial charge on any atom is 0.151 e. The Bertz CT molecular complexity index is 3020. The Morgan fingerprint density at radius 1 is 0.656 bits per heavy atom. The number of hydrogen-bond acceptors (Lipinski definition) is 3. The van der Waals surface area contributed by atoms with Crippen LogP contribution in [0.3, 0.4) is 0 Å². The van der Waals surface area contributed by atoms with Gasteiger partial charge in [0.1, 0.15) is 0 Å². The van der Waals surface area contributed by atoms with E-state index in [9.17, 15) is 0 Å². The zero-order valence-electron chi connectivity index (χ0n) is 38.2. The standard InChI is InChI=1S/C60H56BN2S/c1-9-21-43-34-37-51(62-44-35-32-39(2)33-36-44)56(55(43)45-25-14-13-22-40(45)3)57-58-49(48-28-15-18-29-50(48)60(58,5)6)38-53(59(57)61-7)63(41(4)46-26-17-20-31-54(46)64-8)52-30-19-16-27-47(52)42-23-11-10-12-24-42/h10-20,22-38,62H,4,9,21H2,1-3,5-8H3. The van der Waals surface area contributed by atoms with Gasteiger partial charge in [0.15, 0.2) is 7.28 Å². The van der Waals surface area contributed by atoms with E-state index in [0.29, 0.717) is 0 Å². The van der Waals surface area contributed by atoms with E-state index >= 15 is 0 Å². The zero-order valence-corrected chi connectivity index (χ0v) is 39.0. The number of anilines is 4. The average molecular weight is 848 g/mol. The second kappa shape index (κ2) is 17.9. The van der Waals surface area contributed by atoms with Crippen LogP contribution in [0.4, 0.5) is 22.7 Å². The maximum absolute atomic E-state index is 5.05. The normalized spacial score (nSPS) is 12.4. The molecule has 1 aliphatic carbocycles. The predicted molar refractivity (Wildman–Crippen MR) is 281 cm³/mol. The third-order valence-corrected chi connectivity index (χ3v) is 13.9. The molecule has 0 fully saturated rings. The summed E-state index contributed by atoms with van der Waals surface area (Å²) in [5, 5.41) is 4.02. The summed E-state index contributed by atoms with van der Waals surface area (Å²) in [6.07, 6.45) is 4.14. The first-order chi connectivity index (χ1) is 31.2. The number of para-hydroxylation sites is 1. The Morgan fingerprint density at radius 2 is 1.31 bits per heavy atom. The summed E-state index contributed by atoms with van der Waals surface area (Å²) in [5.74, 6) is 0. The van der Waals surface area contributed by atoms with E-state index in [1.807, 2.05) is 0 Å². The molecule has 0 spiro atoms. The van der Waals surface area contributed by atoms with Crippen LogP contribution in [0.1, 0.15) is 60.6 Å². The minimum Gasteiger partial charge on any atom is -0.355 e. The Hall–Kier alpha value is -6.49. The van der Waals surface area contributed by atoms with Crippen LogP contribution in [0.25, 0.3) is 50.2 Å². The van der Waals surface area contributed by atoms with E-state index in [0.717, 1.165) is 58.0 Å². The molecule has 315 valence electrons. The number of fused-ring (bicyclic) bond motifs is 3. The number of hydrogen-bond donors (Lipinski definition) is 1. The van der Waals surface area contributed by atoms with Crippen molar-refractivity contribution in [3.05, 3.63) is 210 Å². The molecular formula is C60H56BN2S. The van der Waals surface area contributed by atoms with Crippen molar-refractivity contribution in [3.63, 3.8) is 0 Å². The van der Waals surface area contributed by atoms with Crippen molar-refractivity contribution in [2.45, 2.75) is 64.6 Å². The van der Waals surface area contributed by atoms with Gasteiger partial charge in [0, 0.05) is 49.8 Å². The highest BCUT2D eigenvalue weighted by molar-refractivity contribution is 7.98. The molecule has 2 nitrogen and oxygen atoms in total. The molecular weight excluding hydrogens is 792 g/mol. The van der Waals surface area contributed by atoms with Crippen molar-refractivity contribution in [2.24, 2.45) is 0 Å². The summed E-state index contributed by atoms with van der Waals surface area (Å²) in [7, 11) is 2.36. The minimum atomic E-state index is -0.322. The fourth-order valence-electron chi connectivity index (χ4n) is 10.1. The summed E-state index contributed by atoms with van der Waals surface area (Å²) in [5.41, 5.74) is 23.5. The van der Waals surface area contributed by atoms with Crippen LogP contribution < -0.4 is 15.7 Å². The van der Waals surface area contributed by atoms with Crippen LogP contribution >= 0.6 is 11.8 Å². The zero-order chi connectivity index (χ0) is 44.5. The lowest BCUT2D eigenvalue weighted by molar-refractivity contribution is 0.662. The molecule has 4 heteroatoms. The second-order valence-electron chi connectivity index (χ2n) is 17.5. The highest BCUT2D eigenvalue weighted by atomic mass is 32.2. The van der Waals surface area contributed by atoms with E-state index in [2.05, 4.69) is 235 Å². The van der Waals surface area contributed by atoms with Crippen LogP contribution in [0, 0.1) is 13.8 Å². The number of rotatable bonds is 13. The Morgan fingerprint density at radius 3 is 2.03 bits per heavy atom. The molecule has 0 heterocycles. The summed E-state index contributed by atoms with van der Waals surface area (Å²) in [4.78, 5) is 3.64. The summed E-state index contributed by atoms with van der Waals surface area (Å²) >= 11 is 1.76. The molecule has 1 N–H and O–H groups in total. The quantitative estimate of drug-likeness (QED) is 0.0919. The van der Waals surface area contributed by atoms with E-state index in [-0.39, 0.29) is 5.41 Å². The van der Waals surface area contributed by atoms with Crippen molar-refractivity contribution in [3.8, 4) is 44.5 Å². The first-order valence-corrected chi connectivity index (χ1v) is 23.8. The molecule has 8 aromatic rings. The van der Waals surface area contributed by atoms with E-state index in [4.69, 9.17) is 6.58 Å². The Labute approximate surface area is 386 Å². The van der Waals surface area contributed by atoms with Gasteiger partial charge in [-0.15, -0.1) is 11.8 Å². The van der Waals surface area contributed by atoms with Gasteiger partial charge in [0.05, 0.1) is 5.69 Å². The first kappa shape index (κ1) is 42.8.